The largest absolute Gasteiger partial charge is 0.369 e. The van der Waals surface area contributed by atoms with Gasteiger partial charge < -0.3 is 15.5 Å². The van der Waals surface area contributed by atoms with Gasteiger partial charge in [-0.3, -0.25) is 14.3 Å². The summed E-state index contributed by atoms with van der Waals surface area (Å²) in [6.07, 6.45) is 2.57. The van der Waals surface area contributed by atoms with E-state index in [1.54, 1.807) is 15.8 Å². The number of amides is 2. The highest BCUT2D eigenvalue weighted by atomic mass is 35.5. The van der Waals surface area contributed by atoms with Crippen LogP contribution in [0.4, 0.5) is 0 Å². The standard InChI is InChI=1S/C14H22ClN5O2/c1-3-4-20-9-11(15)12(17-20)14(22)19-6-5-18(2)7-10(8-19)13(16)21/h9-10H,3-8H2,1-2H3,(H2,16,21)/t10-/m1/s1. The average molecular weight is 328 g/mol. The Hall–Kier alpha value is -1.60. The highest BCUT2D eigenvalue weighted by Crippen LogP contribution is 2.18. The van der Waals surface area contributed by atoms with Crippen molar-refractivity contribution >= 4 is 23.4 Å². The molecule has 0 saturated carbocycles. The number of likely N-dealkylation sites (N-methyl/N-ethyl adjacent to an activating group) is 1. The topological polar surface area (TPSA) is 84.5 Å². The average Bonchev–Trinajstić information content (AvgIpc) is 2.69. The van der Waals surface area contributed by atoms with E-state index in [4.69, 9.17) is 17.3 Å². The van der Waals surface area contributed by atoms with Gasteiger partial charge in [0, 0.05) is 38.9 Å². The Morgan fingerprint density at radius 3 is 2.77 bits per heavy atom. The maximum Gasteiger partial charge on any atom is 0.275 e. The number of aromatic nitrogens is 2. The third-order valence-corrected chi connectivity index (χ3v) is 4.06. The van der Waals surface area contributed by atoms with E-state index in [0.29, 0.717) is 37.7 Å². The van der Waals surface area contributed by atoms with Crippen molar-refractivity contribution in [3.8, 4) is 0 Å². The molecule has 1 aliphatic heterocycles. The lowest BCUT2D eigenvalue weighted by Crippen LogP contribution is -2.40. The summed E-state index contributed by atoms with van der Waals surface area (Å²) in [6.45, 7) is 4.80. The second kappa shape index (κ2) is 7.11. The summed E-state index contributed by atoms with van der Waals surface area (Å²) in [5, 5.41) is 4.60. The molecule has 1 saturated heterocycles. The van der Waals surface area contributed by atoms with E-state index in [-0.39, 0.29) is 17.5 Å². The molecule has 2 heterocycles. The molecule has 1 aromatic rings. The van der Waals surface area contributed by atoms with Crippen molar-refractivity contribution in [3.05, 3.63) is 16.9 Å². The molecular weight excluding hydrogens is 306 g/mol. The molecule has 122 valence electrons. The van der Waals surface area contributed by atoms with Crippen LogP contribution >= 0.6 is 11.6 Å². The second-order valence-corrected chi connectivity index (χ2v) is 6.11. The van der Waals surface area contributed by atoms with Gasteiger partial charge in [-0.15, -0.1) is 0 Å². The minimum absolute atomic E-state index is 0.239. The molecule has 1 fully saturated rings. The number of nitrogens with zero attached hydrogens (tertiary/aromatic N) is 4. The zero-order valence-corrected chi connectivity index (χ0v) is 13.7. The Labute approximate surface area is 135 Å². The van der Waals surface area contributed by atoms with Crippen molar-refractivity contribution in [2.45, 2.75) is 19.9 Å². The van der Waals surface area contributed by atoms with Crippen molar-refractivity contribution in [3.63, 3.8) is 0 Å². The third kappa shape index (κ3) is 3.78. The van der Waals surface area contributed by atoms with E-state index < -0.39 is 5.91 Å². The van der Waals surface area contributed by atoms with Gasteiger partial charge in [0.1, 0.15) is 0 Å². The van der Waals surface area contributed by atoms with E-state index >= 15 is 0 Å². The monoisotopic (exact) mass is 327 g/mol. The molecule has 7 nitrogen and oxygen atoms in total. The van der Waals surface area contributed by atoms with Crippen LogP contribution in [-0.4, -0.2) is 64.6 Å². The Kier molecular flexibility index (Phi) is 5.42. The lowest BCUT2D eigenvalue weighted by atomic mass is 10.1. The smallest absolute Gasteiger partial charge is 0.275 e. The molecule has 0 unspecified atom stereocenters. The first-order chi connectivity index (χ1) is 10.4. The highest BCUT2D eigenvalue weighted by Gasteiger charge is 2.30. The first-order valence-electron chi connectivity index (χ1n) is 7.42. The first kappa shape index (κ1) is 16.8. The molecule has 1 atom stereocenters. The lowest BCUT2D eigenvalue weighted by Gasteiger charge is -2.21. The summed E-state index contributed by atoms with van der Waals surface area (Å²) in [5.74, 6) is -1.02. The predicted molar refractivity (Wildman–Crippen MR) is 83.6 cm³/mol. The van der Waals surface area contributed by atoms with Crippen LogP contribution in [0.25, 0.3) is 0 Å². The van der Waals surface area contributed by atoms with E-state index in [1.807, 2.05) is 18.9 Å². The van der Waals surface area contributed by atoms with E-state index in [2.05, 4.69) is 5.10 Å². The van der Waals surface area contributed by atoms with Gasteiger partial charge in [0.15, 0.2) is 5.69 Å². The van der Waals surface area contributed by atoms with Crippen molar-refractivity contribution in [1.29, 1.82) is 0 Å². The number of rotatable bonds is 4. The summed E-state index contributed by atoms with van der Waals surface area (Å²) in [7, 11) is 1.91. The highest BCUT2D eigenvalue weighted by molar-refractivity contribution is 6.33. The van der Waals surface area contributed by atoms with E-state index in [9.17, 15) is 9.59 Å². The molecular formula is C14H22ClN5O2. The van der Waals surface area contributed by atoms with Crippen molar-refractivity contribution in [1.82, 2.24) is 19.6 Å². The number of halogens is 1. The molecule has 0 spiro atoms. The molecule has 8 heteroatoms. The van der Waals surface area contributed by atoms with E-state index in [0.717, 1.165) is 6.42 Å². The molecule has 1 aliphatic rings. The maximum atomic E-state index is 12.7. The van der Waals surface area contributed by atoms with Crippen LogP contribution in [0.3, 0.4) is 0 Å². The molecule has 0 radical (unpaired) electrons. The number of primary amides is 1. The molecule has 0 bridgehead atoms. The fourth-order valence-corrected chi connectivity index (χ4v) is 2.81. The van der Waals surface area contributed by atoms with Gasteiger partial charge in [0.25, 0.3) is 5.91 Å². The number of aryl methyl sites for hydroxylation is 1. The van der Waals surface area contributed by atoms with Crippen LogP contribution in [-0.2, 0) is 11.3 Å². The quantitative estimate of drug-likeness (QED) is 0.869. The molecule has 0 aromatic carbocycles. The Morgan fingerprint density at radius 2 is 2.14 bits per heavy atom. The minimum Gasteiger partial charge on any atom is -0.369 e. The fourth-order valence-electron chi connectivity index (χ4n) is 2.57. The van der Waals surface area contributed by atoms with Gasteiger partial charge in [-0.05, 0) is 13.5 Å². The zero-order valence-electron chi connectivity index (χ0n) is 13.0. The SMILES string of the molecule is CCCn1cc(Cl)c(C(=O)N2CCN(C)C[C@@H](C(N)=O)C2)n1. The van der Waals surface area contributed by atoms with Crippen molar-refractivity contribution in [2.75, 3.05) is 33.2 Å². The summed E-state index contributed by atoms with van der Waals surface area (Å²) >= 11 is 6.13. The van der Waals surface area contributed by atoms with Gasteiger partial charge in [-0.25, -0.2) is 0 Å². The van der Waals surface area contributed by atoms with Crippen molar-refractivity contribution in [2.24, 2.45) is 11.7 Å². The maximum absolute atomic E-state index is 12.7. The molecule has 22 heavy (non-hydrogen) atoms. The van der Waals surface area contributed by atoms with Gasteiger partial charge >= 0.3 is 0 Å². The van der Waals surface area contributed by atoms with Crippen LogP contribution < -0.4 is 5.73 Å². The molecule has 1 aromatic heterocycles. The van der Waals surface area contributed by atoms with Crippen LogP contribution in [0, 0.1) is 5.92 Å². The van der Waals surface area contributed by atoms with Gasteiger partial charge in [-0.2, -0.15) is 5.10 Å². The van der Waals surface area contributed by atoms with Crippen LogP contribution in [0.1, 0.15) is 23.8 Å². The van der Waals surface area contributed by atoms with Crippen molar-refractivity contribution < 1.29 is 9.59 Å². The molecule has 2 amide bonds. The third-order valence-electron chi connectivity index (χ3n) is 3.79. The second-order valence-electron chi connectivity index (χ2n) is 5.70. The summed E-state index contributed by atoms with van der Waals surface area (Å²) in [4.78, 5) is 27.8. The molecule has 2 N–H and O–H groups in total. The summed E-state index contributed by atoms with van der Waals surface area (Å²) in [5.41, 5.74) is 5.66. The Morgan fingerprint density at radius 1 is 1.41 bits per heavy atom. The fraction of sp³-hybridized carbons (Fsp3) is 0.643. The van der Waals surface area contributed by atoms with E-state index in [1.165, 1.54) is 0 Å². The Balaban J connectivity index is 2.18. The molecule has 2 rings (SSSR count). The zero-order chi connectivity index (χ0) is 16.3. The predicted octanol–water partition coefficient (Wildman–Crippen LogP) is 0.436. The number of hydrogen-bond donors (Lipinski definition) is 1. The number of carbonyl (C=O) groups is 2. The van der Waals surface area contributed by atoms with Gasteiger partial charge in [0.2, 0.25) is 5.91 Å². The Bertz CT molecular complexity index is 559. The lowest BCUT2D eigenvalue weighted by molar-refractivity contribution is -0.122. The molecule has 0 aliphatic carbocycles. The summed E-state index contributed by atoms with van der Waals surface area (Å²) in [6, 6.07) is 0. The summed E-state index contributed by atoms with van der Waals surface area (Å²) < 4.78 is 1.67. The normalized spacial score (nSPS) is 20.0. The first-order valence-corrected chi connectivity index (χ1v) is 7.80. The van der Waals surface area contributed by atoms with Gasteiger partial charge in [-0.1, -0.05) is 18.5 Å². The number of hydrogen-bond acceptors (Lipinski definition) is 4. The van der Waals surface area contributed by atoms with Crippen LogP contribution in [0.5, 0.6) is 0 Å². The van der Waals surface area contributed by atoms with Crippen LogP contribution in [0.2, 0.25) is 5.02 Å². The minimum atomic E-state index is -0.394. The van der Waals surface area contributed by atoms with Crippen LogP contribution in [0.15, 0.2) is 6.20 Å². The number of carbonyl (C=O) groups excluding carboxylic acids is 2. The van der Waals surface area contributed by atoms with Gasteiger partial charge in [0.05, 0.1) is 10.9 Å². The number of nitrogens with two attached hydrogens (primary N) is 1.